The van der Waals surface area contributed by atoms with E-state index in [0.717, 1.165) is 31.5 Å². The van der Waals surface area contributed by atoms with Gasteiger partial charge in [0.15, 0.2) is 0 Å². The maximum absolute atomic E-state index is 9.35. The van der Waals surface area contributed by atoms with Crippen LogP contribution in [0.15, 0.2) is 30.3 Å². The molecule has 0 saturated carbocycles. The fourth-order valence-electron chi connectivity index (χ4n) is 2.62. The summed E-state index contributed by atoms with van der Waals surface area (Å²) in [5.74, 6) is 0.0772. The molecule has 0 amide bonds. The van der Waals surface area contributed by atoms with E-state index in [-0.39, 0.29) is 18.6 Å². The average Bonchev–Trinajstić information content (AvgIpc) is 2.83. The van der Waals surface area contributed by atoms with E-state index in [9.17, 15) is 5.11 Å². The predicted molar refractivity (Wildman–Crippen MR) is 77.6 cm³/mol. The largest absolute Gasteiger partial charge is 0.395 e. The predicted octanol–water partition coefficient (Wildman–Crippen LogP) is 1.51. The summed E-state index contributed by atoms with van der Waals surface area (Å²) in [5.41, 5.74) is 7.04. The number of benzene rings is 1. The van der Waals surface area contributed by atoms with Crippen molar-refractivity contribution < 1.29 is 5.11 Å². The zero-order valence-electron chi connectivity index (χ0n) is 10.5. The van der Waals surface area contributed by atoms with Crippen molar-refractivity contribution in [1.82, 2.24) is 4.90 Å². The van der Waals surface area contributed by atoms with Gasteiger partial charge in [0, 0.05) is 18.5 Å². The van der Waals surface area contributed by atoms with E-state index in [1.807, 2.05) is 18.2 Å². The zero-order chi connectivity index (χ0) is 13.0. The lowest BCUT2D eigenvalue weighted by molar-refractivity contribution is 0.158. The number of thiocarbonyl (C=S) groups is 1. The lowest BCUT2D eigenvalue weighted by Gasteiger charge is -2.27. The lowest BCUT2D eigenvalue weighted by Crippen LogP contribution is -2.38. The second-order valence-corrected chi connectivity index (χ2v) is 5.31. The molecule has 1 heterocycles. The molecule has 1 fully saturated rings. The topological polar surface area (TPSA) is 49.5 Å². The second kappa shape index (κ2) is 6.27. The number of hydrogen-bond acceptors (Lipinski definition) is 3. The number of nitrogens with two attached hydrogens (primary N) is 1. The third-order valence-corrected chi connectivity index (χ3v) is 3.96. The Morgan fingerprint density at radius 2 is 2.17 bits per heavy atom. The van der Waals surface area contributed by atoms with Crippen molar-refractivity contribution in [2.45, 2.75) is 24.8 Å². The first-order chi connectivity index (χ1) is 8.72. The first kappa shape index (κ1) is 13.5. The Kier molecular flexibility index (Phi) is 4.69. The van der Waals surface area contributed by atoms with Crippen molar-refractivity contribution in [3.8, 4) is 0 Å². The molecule has 0 aromatic heterocycles. The van der Waals surface area contributed by atoms with Gasteiger partial charge in [0.25, 0.3) is 0 Å². The Labute approximate surface area is 114 Å². The van der Waals surface area contributed by atoms with Crippen LogP contribution in [0, 0.1) is 0 Å². The van der Waals surface area contributed by atoms with Gasteiger partial charge in [0.05, 0.1) is 11.6 Å². The van der Waals surface area contributed by atoms with Gasteiger partial charge in [-0.05, 0) is 24.9 Å². The minimum atomic E-state index is 0.0772. The number of hydrogen-bond donors (Lipinski definition) is 2. The Bertz CT molecular complexity index is 396. The molecule has 1 aromatic rings. The molecule has 1 aliphatic heterocycles. The van der Waals surface area contributed by atoms with Crippen LogP contribution in [0.1, 0.15) is 24.3 Å². The molecule has 3 N–H and O–H groups in total. The number of aliphatic hydroxyl groups excluding tert-OH is 1. The highest BCUT2D eigenvalue weighted by Gasteiger charge is 2.27. The van der Waals surface area contributed by atoms with Gasteiger partial charge in [-0.3, -0.25) is 4.90 Å². The smallest absolute Gasteiger partial charge is 0.0816 e. The summed E-state index contributed by atoms with van der Waals surface area (Å²) in [6.45, 7) is 2.06. The van der Waals surface area contributed by atoms with Crippen LogP contribution in [0.25, 0.3) is 0 Å². The van der Waals surface area contributed by atoms with E-state index in [1.165, 1.54) is 0 Å². The Balaban J connectivity index is 2.10. The van der Waals surface area contributed by atoms with E-state index in [4.69, 9.17) is 18.0 Å². The van der Waals surface area contributed by atoms with Gasteiger partial charge in [-0.2, -0.15) is 0 Å². The maximum Gasteiger partial charge on any atom is 0.0816 e. The van der Waals surface area contributed by atoms with Gasteiger partial charge in [0.1, 0.15) is 0 Å². The minimum absolute atomic E-state index is 0.0772. The van der Waals surface area contributed by atoms with Crippen molar-refractivity contribution in [2.75, 3.05) is 19.7 Å². The molecular weight excluding hydrogens is 244 g/mol. The van der Waals surface area contributed by atoms with Crippen LogP contribution in [0.3, 0.4) is 0 Å². The first-order valence-electron chi connectivity index (χ1n) is 6.41. The lowest BCUT2D eigenvalue weighted by atomic mass is 9.98. The van der Waals surface area contributed by atoms with E-state index < -0.39 is 0 Å². The highest BCUT2D eigenvalue weighted by molar-refractivity contribution is 7.80. The molecule has 2 atom stereocenters. The molecule has 1 aromatic carbocycles. The summed E-state index contributed by atoms with van der Waals surface area (Å²) >= 11 is 5.20. The summed E-state index contributed by atoms with van der Waals surface area (Å²) in [6.07, 6.45) is 2.21. The van der Waals surface area contributed by atoms with Crippen LogP contribution >= 0.6 is 12.2 Å². The highest BCUT2D eigenvalue weighted by Crippen LogP contribution is 2.23. The van der Waals surface area contributed by atoms with Gasteiger partial charge >= 0.3 is 0 Å². The molecule has 0 bridgehead atoms. The highest BCUT2D eigenvalue weighted by atomic mass is 32.1. The summed E-state index contributed by atoms with van der Waals surface area (Å²) in [4.78, 5) is 2.83. The van der Waals surface area contributed by atoms with E-state index in [1.54, 1.807) is 0 Å². The Morgan fingerprint density at radius 3 is 2.78 bits per heavy atom. The van der Waals surface area contributed by atoms with Crippen LogP contribution in [-0.4, -0.2) is 40.7 Å². The van der Waals surface area contributed by atoms with Crippen molar-refractivity contribution >= 4 is 17.2 Å². The van der Waals surface area contributed by atoms with Gasteiger partial charge in [-0.15, -0.1) is 0 Å². The van der Waals surface area contributed by atoms with Gasteiger partial charge in [-0.1, -0.05) is 42.5 Å². The summed E-state index contributed by atoms with van der Waals surface area (Å²) in [6, 6.07) is 10.4. The molecule has 1 aliphatic rings. The molecule has 18 heavy (non-hydrogen) atoms. The summed E-state index contributed by atoms with van der Waals surface area (Å²) in [7, 11) is 0. The standard InChI is InChI=1S/C14H20N2OS/c15-14(18)13(11-5-2-1-3-6-11)9-16-8-4-7-12(16)10-17/h1-3,5-6,12-13,17H,4,7-10H2,(H2,15,18). The van der Waals surface area contributed by atoms with Crippen LogP contribution in [-0.2, 0) is 0 Å². The third-order valence-electron chi connectivity index (χ3n) is 3.67. The minimum Gasteiger partial charge on any atom is -0.395 e. The van der Waals surface area contributed by atoms with Crippen molar-refractivity contribution in [2.24, 2.45) is 5.73 Å². The molecule has 0 spiro atoms. The Morgan fingerprint density at radius 1 is 1.44 bits per heavy atom. The third kappa shape index (κ3) is 3.07. The van der Waals surface area contributed by atoms with Crippen molar-refractivity contribution in [3.63, 3.8) is 0 Å². The first-order valence-corrected chi connectivity index (χ1v) is 6.82. The van der Waals surface area contributed by atoms with Gasteiger partial charge < -0.3 is 10.8 Å². The molecule has 1 saturated heterocycles. The second-order valence-electron chi connectivity index (χ2n) is 4.84. The van der Waals surface area contributed by atoms with Gasteiger partial charge in [0.2, 0.25) is 0 Å². The van der Waals surface area contributed by atoms with E-state index >= 15 is 0 Å². The fraction of sp³-hybridized carbons (Fsp3) is 0.500. The zero-order valence-corrected chi connectivity index (χ0v) is 11.3. The normalized spacial score (nSPS) is 21.9. The van der Waals surface area contributed by atoms with Crippen LogP contribution in [0.5, 0.6) is 0 Å². The molecule has 0 radical (unpaired) electrons. The van der Waals surface area contributed by atoms with Crippen molar-refractivity contribution in [1.29, 1.82) is 0 Å². The number of nitrogens with zero attached hydrogens (tertiary/aromatic N) is 1. The average molecular weight is 264 g/mol. The number of rotatable bonds is 5. The SMILES string of the molecule is NC(=S)C(CN1CCCC1CO)c1ccccc1. The van der Waals surface area contributed by atoms with Crippen molar-refractivity contribution in [3.05, 3.63) is 35.9 Å². The monoisotopic (exact) mass is 264 g/mol. The molecule has 2 unspecified atom stereocenters. The molecule has 2 rings (SSSR count). The van der Waals surface area contributed by atoms with Crippen LogP contribution in [0.4, 0.5) is 0 Å². The molecule has 0 aliphatic carbocycles. The number of aliphatic hydroxyl groups is 1. The van der Waals surface area contributed by atoms with Crippen LogP contribution in [0.2, 0.25) is 0 Å². The van der Waals surface area contributed by atoms with Gasteiger partial charge in [-0.25, -0.2) is 0 Å². The van der Waals surface area contributed by atoms with E-state index in [0.29, 0.717) is 4.99 Å². The molecule has 98 valence electrons. The molecular formula is C14H20N2OS. The fourth-order valence-corrected chi connectivity index (χ4v) is 2.83. The summed E-state index contributed by atoms with van der Waals surface area (Å²) in [5, 5.41) is 9.35. The quantitative estimate of drug-likeness (QED) is 0.792. The van der Waals surface area contributed by atoms with E-state index in [2.05, 4.69) is 17.0 Å². The summed E-state index contributed by atoms with van der Waals surface area (Å²) < 4.78 is 0. The molecule has 3 nitrogen and oxygen atoms in total. The van der Waals surface area contributed by atoms with Crippen LogP contribution < -0.4 is 5.73 Å². The maximum atomic E-state index is 9.35. The molecule has 4 heteroatoms. The Hall–Kier alpha value is -0.970. The number of likely N-dealkylation sites (tertiary alicyclic amines) is 1.